The third-order valence-corrected chi connectivity index (χ3v) is 4.97. The summed E-state index contributed by atoms with van der Waals surface area (Å²) < 4.78 is 7.20. The Morgan fingerprint density at radius 2 is 1.69 bits per heavy atom. The Morgan fingerprint density at radius 1 is 0.897 bits per heavy atom. The van der Waals surface area contributed by atoms with E-state index >= 15 is 0 Å². The number of imidazole rings is 1. The SMILES string of the molecule is COc1ccc(-c2cnc3nc4ccccc4n3c2-c2ccc(O)cc2O)cc1. The Hall–Kier alpha value is -4.06. The molecule has 0 aliphatic heterocycles. The first-order chi connectivity index (χ1) is 14.2. The van der Waals surface area contributed by atoms with Crippen molar-refractivity contribution in [3.63, 3.8) is 0 Å². The third-order valence-electron chi connectivity index (χ3n) is 4.97. The van der Waals surface area contributed by atoms with Gasteiger partial charge in [0, 0.05) is 23.4 Å². The monoisotopic (exact) mass is 383 g/mol. The third kappa shape index (κ3) is 2.73. The Labute approximate surface area is 166 Å². The number of aromatic nitrogens is 3. The summed E-state index contributed by atoms with van der Waals surface area (Å²) in [6.45, 7) is 0. The van der Waals surface area contributed by atoms with Crippen LogP contribution in [0.15, 0.2) is 72.9 Å². The number of phenols is 2. The minimum absolute atomic E-state index is 0.00182. The molecule has 0 bridgehead atoms. The van der Waals surface area contributed by atoms with Crippen molar-refractivity contribution in [1.82, 2.24) is 14.4 Å². The lowest BCUT2D eigenvalue weighted by atomic mass is 9.99. The summed E-state index contributed by atoms with van der Waals surface area (Å²) in [5.74, 6) is 1.26. The average Bonchev–Trinajstić information content (AvgIpc) is 3.12. The molecule has 0 saturated heterocycles. The van der Waals surface area contributed by atoms with Crippen LogP contribution in [0, 0.1) is 0 Å². The Kier molecular flexibility index (Phi) is 3.84. The highest BCUT2D eigenvalue weighted by molar-refractivity contribution is 5.90. The van der Waals surface area contributed by atoms with Gasteiger partial charge >= 0.3 is 0 Å². The van der Waals surface area contributed by atoms with Crippen LogP contribution in [0.1, 0.15) is 0 Å². The van der Waals surface area contributed by atoms with E-state index in [0.29, 0.717) is 11.3 Å². The van der Waals surface area contributed by atoms with Gasteiger partial charge in [-0.05, 0) is 42.0 Å². The fourth-order valence-corrected chi connectivity index (χ4v) is 3.59. The van der Waals surface area contributed by atoms with Crippen LogP contribution in [0.5, 0.6) is 17.2 Å². The van der Waals surface area contributed by atoms with Crippen LogP contribution in [-0.2, 0) is 0 Å². The van der Waals surface area contributed by atoms with Crippen molar-refractivity contribution in [3.05, 3.63) is 72.9 Å². The lowest BCUT2D eigenvalue weighted by Gasteiger charge is -2.15. The van der Waals surface area contributed by atoms with Crippen LogP contribution in [0.4, 0.5) is 0 Å². The van der Waals surface area contributed by atoms with Crippen LogP contribution in [0.2, 0.25) is 0 Å². The van der Waals surface area contributed by atoms with E-state index in [2.05, 4.69) is 9.97 Å². The van der Waals surface area contributed by atoms with Crippen molar-refractivity contribution in [2.75, 3.05) is 7.11 Å². The van der Waals surface area contributed by atoms with Crippen molar-refractivity contribution < 1.29 is 14.9 Å². The number of rotatable bonds is 3. The maximum absolute atomic E-state index is 10.6. The van der Waals surface area contributed by atoms with Gasteiger partial charge < -0.3 is 14.9 Å². The molecule has 0 radical (unpaired) electrons. The van der Waals surface area contributed by atoms with E-state index in [-0.39, 0.29) is 11.5 Å². The predicted octanol–water partition coefficient (Wildman–Crippen LogP) is 4.64. The number of para-hydroxylation sites is 2. The van der Waals surface area contributed by atoms with E-state index in [1.165, 1.54) is 6.07 Å². The Balaban J connectivity index is 1.90. The van der Waals surface area contributed by atoms with Crippen LogP contribution < -0.4 is 4.74 Å². The summed E-state index contributed by atoms with van der Waals surface area (Å²) in [6, 6.07) is 20.0. The van der Waals surface area contributed by atoms with Crippen LogP contribution in [0.25, 0.3) is 39.2 Å². The van der Waals surface area contributed by atoms with Crippen LogP contribution in [-0.4, -0.2) is 31.7 Å². The molecule has 0 amide bonds. The zero-order chi connectivity index (χ0) is 20.0. The van der Waals surface area contributed by atoms with Gasteiger partial charge in [-0.1, -0.05) is 24.3 Å². The van der Waals surface area contributed by atoms with Gasteiger partial charge in [-0.25, -0.2) is 9.97 Å². The van der Waals surface area contributed by atoms with Gasteiger partial charge in [-0.3, -0.25) is 4.40 Å². The van der Waals surface area contributed by atoms with Crippen LogP contribution in [0.3, 0.4) is 0 Å². The average molecular weight is 383 g/mol. The topological polar surface area (TPSA) is 79.9 Å². The molecule has 0 aliphatic rings. The standard InChI is InChI=1S/C23H17N3O3/c1-29-16-9-6-14(7-10-16)18-13-24-23-25-19-4-2-3-5-20(19)26(23)22(18)17-11-8-15(27)12-21(17)28/h2-13,27-28H,1H3. The maximum atomic E-state index is 10.6. The van der Waals surface area contributed by atoms with Gasteiger partial charge in [0.1, 0.15) is 17.2 Å². The van der Waals surface area contributed by atoms with Gasteiger partial charge in [0.05, 0.1) is 23.8 Å². The lowest BCUT2D eigenvalue weighted by Crippen LogP contribution is -1.99. The molecule has 3 aromatic carbocycles. The molecule has 5 rings (SSSR count). The van der Waals surface area contributed by atoms with Gasteiger partial charge in [0.15, 0.2) is 0 Å². The lowest BCUT2D eigenvalue weighted by molar-refractivity contribution is 0.415. The molecular weight excluding hydrogens is 366 g/mol. The number of fused-ring (bicyclic) bond motifs is 3. The fraction of sp³-hybridized carbons (Fsp3) is 0.0435. The Morgan fingerprint density at radius 3 is 2.45 bits per heavy atom. The van der Waals surface area contributed by atoms with Crippen molar-refractivity contribution >= 4 is 16.8 Å². The van der Waals surface area contributed by atoms with Gasteiger partial charge in [-0.2, -0.15) is 0 Å². The molecule has 29 heavy (non-hydrogen) atoms. The summed E-state index contributed by atoms with van der Waals surface area (Å²) >= 11 is 0. The molecule has 2 heterocycles. The highest BCUT2D eigenvalue weighted by Gasteiger charge is 2.19. The van der Waals surface area contributed by atoms with E-state index in [1.54, 1.807) is 25.4 Å². The summed E-state index contributed by atoms with van der Waals surface area (Å²) in [5, 5.41) is 20.4. The number of aromatic hydroxyl groups is 2. The van der Waals surface area contributed by atoms with E-state index in [9.17, 15) is 10.2 Å². The minimum atomic E-state index is -0.0231. The fourth-order valence-electron chi connectivity index (χ4n) is 3.59. The highest BCUT2D eigenvalue weighted by atomic mass is 16.5. The molecule has 2 N–H and O–H groups in total. The van der Waals surface area contributed by atoms with Crippen LogP contribution >= 0.6 is 0 Å². The first-order valence-electron chi connectivity index (χ1n) is 9.08. The number of hydrogen-bond donors (Lipinski definition) is 2. The summed E-state index contributed by atoms with van der Waals surface area (Å²) in [7, 11) is 1.63. The van der Waals surface area contributed by atoms with Gasteiger partial charge in [0.25, 0.3) is 0 Å². The number of methoxy groups -OCH3 is 1. The molecule has 6 nitrogen and oxygen atoms in total. The predicted molar refractivity (Wildman–Crippen MR) is 111 cm³/mol. The molecule has 2 aromatic heterocycles. The first kappa shape index (κ1) is 17.1. The molecule has 5 aromatic rings. The zero-order valence-electron chi connectivity index (χ0n) is 15.6. The van der Waals surface area contributed by atoms with E-state index in [1.807, 2.05) is 52.9 Å². The normalized spacial score (nSPS) is 11.2. The van der Waals surface area contributed by atoms with E-state index in [4.69, 9.17) is 4.74 Å². The second kappa shape index (κ2) is 6.53. The smallest absolute Gasteiger partial charge is 0.235 e. The van der Waals surface area contributed by atoms with Gasteiger partial charge in [0.2, 0.25) is 5.78 Å². The molecular formula is C23H17N3O3. The molecule has 6 heteroatoms. The van der Waals surface area contributed by atoms with Crippen molar-refractivity contribution in [1.29, 1.82) is 0 Å². The van der Waals surface area contributed by atoms with E-state index < -0.39 is 0 Å². The number of phenolic OH excluding ortho intramolecular Hbond substituents is 2. The highest BCUT2D eigenvalue weighted by Crippen LogP contribution is 2.39. The number of benzene rings is 3. The van der Waals surface area contributed by atoms with E-state index in [0.717, 1.165) is 33.6 Å². The Bertz CT molecular complexity index is 1360. The van der Waals surface area contributed by atoms with Crippen molar-refractivity contribution in [2.45, 2.75) is 0 Å². The summed E-state index contributed by atoms with van der Waals surface area (Å²) in [6.07, 6.45) is 1.75. The van der Waals surface area contributed by atoms with Crippen molar-refractivity contribution in [3.8, 4) is 39.6 Å². The number of nitrogens with zero attached hydrogens (tertiary/aromatic N) is 3. The first-order valence-corrected chi connectivity index (χ1v) is 9.08. The van der Waals surface area contributed by atoms with Crippen molar-refractivity contribution in [2.24, 2.45) is 0 Å². The zero-order valence-corrected chi connectivity index (χ0v) is 15.6. The second-order valence-electron chi connectivity index (χ2n) is 6.69. The summed E-state index contributed by atoms with van der Waals surface area (Å²) in [5.41, 5.74) is 4.75. The molecule has 0 spiro atoms. The quantitative estimate of drug-likeness (QED) is 0.475. The molecule has 0 saturated carbocycles. The second-order valence-corrected chi connectivity index (χ2v) is 6.69. The molecule has 0 atom stereocenters. The molecule has 0 fully saturated rings. The maximum Gasteiger partial charge on any atom is 0.235 e. The summed E-state index contributed by atoms with van der Waals surface area (Å²) in [4.78, 5) is 9.17. The molecule has 0 unspecified atom stereocenters. The molecule has 0 aliphatic carbocycles. The molecule has 142 valence electrons. The minimum Gasteiger partial charge on any atom is -0.508 e. The largest absolute Gasteiger partial charge is 0.508 e. The van der Waals surface area contributed by atoms with Gasteiger partial charge in [-0.15, -0.1) is 0 Å². The number of hydrogen-bond acceptors (Lipinski definition) is 5. The number of ether oxygens (including phenoxy) is 1.